The van der Waals surface area contributed by atoms with Crippen molar-refractivity contribution in [3.8, 4) is 28.7 Å². The van der Waals surface area contributed by atoms with Crippen LogP contribution < -0.4 is 23.7 Å². The lowest BCUT2D eigenvalue weighted by molar-refractivity contribution is -0.139. The molecule has 2 aromatic rings. The van der Waals surface area contributed by atoms with Crippen LogP contribution >= 0.6 is 0 Å². The second kappa shape index (κ2) is 8.21. The summed E-state index contributed by atoms with van der Waals surface area (Å²) >= 11 is 0. The molecule has 188 valence electrons. The van der Waals surface area contributed by atoms with Crippen LogP contribution in [0, 0.1) is 11.8 Å². The number of rotatable bonds is 3. The van der Waals surface area contributed by atoms with E-state index in [1.807, 2.05) is 29.2 Å². The van der Waals surface area contributed by atoms with Crippen LogP contribution in [0.15, 0.2) is 24.3 Å². The van der Waals surface area contributed by atoms with Crippen LogP contribution in [0.2, 0.25) is 0 Å². The van der Waals surface area contributed by atoms with E-state index in [-0.39, 0.29) is 43.9 Å². The van der Waals surface area contributed by atoms with Crippen molar-refractivity contribution in [3.63, 3.8) is 0 Å². The Kier molecular flexibility index (Phi) is 4.94. The van der Waals surface area contributed by atoms with Crippen molar-refractivity contribution in [1.29, 1.82) is 0 Å². The van der Waals surface area contributed by atoms with Crippen LogP contribution in [0.4, 0.5) is 0 Å². The van der Waals surface area contributed by atoms with Crippen LogP contribution in [0.25, 0.3) is 0 Å². The highest BCUT2D eigenvalue weighted by Gasteiger charge is 2.56. The molecule has 0 unspecified atom stereocenters. The van der Waals surface area contributed by atoms with Crippen molar-refractivity contribution >= 4 is 11.9 Å². The summed E-state index contributed by atoms with van der Waals surface area (Å²) in [5.74, 6) is 0.764. The summed E-state index contributed by atoms with van der Waals surface area (Å²) in [5, 5.41) is 0. The number of hydrogen-bond donors (Lipinski definition) is 0. The zero-order valence-electron chi connectivity index (χ0n) is 20.0. The van der Waals surface area contributed by atoms with E-state index in [1.165, 1.54) is 0 Å². The summed E-state index contributed by atoms with van der Waals surface area (Å²) in [5.41, 5.74) is 2.46. The molecule has 2 aromatic carbocycles. The van der Waals surface area contributed by atoms with Crippen molar-refractivity contribution in [3.05, 3.63) is 41.0 Å². The molecule has 1 aliphatic carbocycles. The average molecular weight is 494 g/mol. The number of ether oxygens (including phenoxy) is 6. The molecule has 2 fully saturated rings. The minimum atomic E-state index is -0.617. The number of benzene rings is 2. The lowest BCUT2D eigenvalue weighted by Crippen LogP contribution is -2.47. The van der Waals surface area contributed by atoms with Crippen molar-refractivity contribution in [2.24, 2.45) is 11.8 Å². The summed E-state index contributed by atoms with van der Waals surface area (Å²) in [6, 6.07) is 7.72. The molecule has 0 spiro atoms. The summed E-state index contributed by atoms with van der Waals surface area (Å²) in [7, 11) is 1.56. The molecular weight excluding hydrogens is 466 g/mol. The maximum absolute atomic E-state index is 14.2. The molecule has 4 atom stereocenters. The molecule has 4 aliphatic heterocycles. The van der Waals surface area contributed by atoms with Crippen LogP contribution in [-0.4, -0.2) is 57.2 Å². The first kappa shape index (κ1) is 21.6. The molecule has 7 rings (SSSR count). The van der Waals surface area contributed by atoms with Gasteiger partial charge in [-0.15, -0.1) is 0 Å². The molecule has 36 heavy (non-hydrogen) atoms. The SMILES string of the molecule is COc1c2c(cc3c1[C@H]1C(=O)OC[C@H]1[C@H](C(=O)N1CCCCC1)[C@@H]3c1ccc3c(c1)OCO3)OCO2. The molecule has 9 nitrogen and oxygen atoms in total. The smallest absolute Gasteiger partial charge is 0.314 e. The van der Waals surface area contributed by atoms with Gasteiger partial charge in [0, 0.05) is 30.5 Å². The van der Waals surface area contributed by atoms with Crippen LogP contribution in [0.3, 0.4) is 0 Å². The van der Waals surface area contributed by atoms with Gasteiger partial charge in [0.05, 0.1) is 25.6 Å². The number of cyclic esters (lactones) is 1. The quantitative estimate of drug-likeness (QED) is 0.602. The summed E-state index contributed by atoms with van der Waals surface area (Å²) in [6.07, 6.45) is 3.09. The fourth-order valence-corrected chi connectivity index (χ4v) is 6.59. The maximum atomic E-state index is 14.2. The Morgan fingerprint density at radius 1 is 0.917 bits per heavy atom. The van der Waals surface area contributed by atoms with E-state index in [0.717, 1.165) is 49.0 Å². The van der Waals surface area contributed by atoms with Crippen LogP contribution in [0.1, 0.15) is 47.8 Å². The summed E-state index contributed by atoms with van der Waals surface area (Å²) < 4.78 is 34.2. The van der Waals surface area contributed by atoms with E-state index in [0.29, 0.717) is 28.7 Å². The van der Waals surface area contributed by atoms with Crippen LogP contribution in [-0.2, 0) is 14.3 Å². The van der Waals surface area contributed by atoms with E-state index in [9.17, 15) is 9.59 Å². The zero-order chi connectivity index (χ0) is 24.4. The number of amides is 1. The first-order valence-electron chi connectivity index (χ1n) is 12.5. The third kappa shape index (κ3) is 3.07. The number of nitrogens with zero attached hydrogens (tertiary/aromatic N) is 1. The van der Waals surface area contributed by atoms with Gasteiger partial charge in [0.25, 0.3) is 0 Å². The standard InChI is InChI=1S/C27H27NO8/c1-31-25-21-15(10-19-24(25)36-13-35-19)20(14-5-6-17-18(9-14)34-12-33-17)22(16-11-32-27(30)23(16)21)26(29)28-7-3-2-4-8-28/h5-6,9-10,16,20,22-23H,2-4,7-8,11-13H2,1H3/t16-,20+,22-,23-/m0/s1. The second-order valence-corrected chi connectivity index (χ2v) is 9.92. The Morgan fingerprint density at radius 2 is 1.69 bits per heavy atom. The molecule has 0 aromatic heterocycles. The van der Waals surface area contributed by atoms with Gasteiger partial charge >= 0.3 is 5.97 Å². The lowest BCUT2D eigenvalue weighted by atomic mass is 9.62. The van der Waals surface area contributed by atoms with Gasteiger partial charge in [-0.2, -0.15) is 0 Å². The van der Waals surface area contributed by atoms with E-state index >= 15 is 0 Å². The summed E-state index contributed by atoms with van der Waals surface area (Å²) in [4.78, 5) is 29.4. The van der Waals surface area contributed by atoms with Gasteiger partial charge in [0.2, 0.25) is 25.2 Å². The van der Waals surface area contributed by atoms with Crippen LogP contribution in [0.5, 0.6) is 28.7 Å². The van der Waals surface area contributed by atoms with Crippen molar-refractivity contribution < 1.29 is 38.0 Å². The van der Waals surface area contributed by atoms with Gasteiger partial charge in [-0.1, -0.05) is 6.07 Å². The monoisotopic (exact) mass is 493 g/mol. The third-order valence-corrected chi connectivity index (χ3v) is 8.17. The van der Waals surface area contributed by atoms with Gasteiger partial charge < -0.3 is 33.3 Å². The highest BCUT2D eigenvalue weighted by molar-refractivity contribution is 5.89. The minimum Gasteiger partial charge on any atom is -0.492 e. The molecule has 4 heterocycles. The zero-order valence-corrected chi connectivity index (χ0v) is 20.0. The van der Waals surface area contributed by atoms with E-state index < -0.39 is 11.8 Å². The van der Waals surface area contributed by atoms with E-state index in [2.05, 4.69) is 0 Å². The maximum Gasteiger partial charge on any atom is 0.314 e. The highest BCUT2D eigenvalue weighted by Crippen LogP contribution is 2.60. The third-order valence-electron chi connectivity index (χ3n) is 8.17. The molecule has 0 N–H and O–H groups in total. The highest BCUT2D eigenvalue weighted by atomic mass is 16.7. The molecule has 0 radical (unpaired) electrons. The predicted molar refractivity (Wildman–Crippen MR) is 125 cm³/mol. The first-order chi connectivity index (χ1) is 17.7. The molecule has 1 amide bonds. The normalized spacial score (nSPS) is 27.4. The molecule has 9 heteroatoms. The lowest BCUT2D eigenvalue weighted by Gasteiger charge is -2.42. The Bertz CT molecular complexity index is 1250. The largest absolute Gasteiger partial charge is 0.492 e. The Morgan fingerprint density at radius 3 is 2.53 bits per heavy atom. The van der Waals surface area contributed by atoms with Gasteiger partial charge in [0.15, 0.2) is 23.0 Å². The predicted octanol–water partition coefficient (Wildman–Crippen LogP) is 3.18. The number of hydrogen-bond acceptors (Lipinski definition) is 8. The first-order valence-corrected chi connectivity index (χ1v) is 12.5. The fourth-order valence-electron chi connectivity index (χ4n) is 6.59. The van der Waals surface area contributed by atoms with Gasteiger partial charge in [-0.25, -0.2) is 0 Å². The van der Waals surface area contributed by atoms with Crippen molar-refractivity contribution in [2.75, 3.05) is 40.4 Å². The van der Waals surface area contributed by atoms with Gasteiger partial charge in [-0.3, -0.25) is 9.59 Å². The van der Waals surface area contributed by atoms with Gasteiger partial charge in [0.1, 0.15) is 0 Å². The number of likely N-dealkylation sites (tertiary alicyclic amines) is 1. The Hall–Kier alpha value is -3.62. The molecule has 5 aliphatic rings. The number of fused-ring (bicyclic) bond motifs is 5. The number of carbonyl (C=O) groups excluding carboxylic acids is 2. The minimum absolute atomic E-state index is 0.0629. The molecule has 0 bridgehead atoms. The van der Waals surface area contributed by atoms with E-state index in [4.69, 9.17) is 28.4 Å². The van der Waals surface area contributed by atoms with Crippen molar-refractivity contribution in [1.82, 2.24) is 4.90 Å². The number of piperidine rings is 1. The number of carbonyl (C=O) groups is 2. The number of methoxy groups -OCH3 is 1. The molecule has 2 saturated heterocycles. The summed E-state index contributed by atoms with van der Waals surface area (Å²) in [6.45, 7) is 1.87. The fraction of sp³-hybridized carbons (Fsp3) is 0.481. The Balaban J connectivity index is 1.46. The van der Waals surface area contributed by atoms with E-state index in [1.54, 1.807) is 7.11 Å². The second-order valence-electron chi connectivity index (χ2n) is 9.92. The van der Waals surface area contributed by atoms with Gasteiger partial charge in [-0.05, 0) is 48.6 Å². The topological polar surface area (TPSA) is 92.8 Å². The molecular formula is C27H27NO8. The number of esters is 1. The van der Waals surface area contributed by atoms with Crippen molar-refractivity contribution in [2.45, 2.75) is 31.1 Å². The average Bonchev–Trinajstić information content (AvgIpc) is 3.66. The molecule has 0 saturated carbocycles. The Labute approximate surface area is 208 Å².